The Morgan fingerprint density at radius 1 is 1.05 bits per heavy atom. The maximum Gasteiger partial charge on any atom is 0.409 e. The molecule has 0 saturated carbocycles. The summed E-state index contributed by atoms with van der Waals surface area (Å²) in [6, 6.07) is 7.52. The number of hydrogen-bond donors (Lipinski definition) is 1. The van der Waals surface area contributed by atoms with E-state index in [4.69, 9.17) is 21.1 Å². The predicted octanol–water partition coefficient (Wildman–Crippen LogP) is 3.63. The van der Waals surface area contributed by atoms with E-state index in [-0.39, 0.29) is 50.0 Å². The topological polar surface area (TPSA) is 131 Å². The number of amides is 3. The van der Waals surface area contributed by atoms with Crippen molar-refractivity contribution >= 4 is 35.5 Å². The van der Waals surface area contributed by atoms with Gasteiger partial charge in [0.05, 0.1) is 11.6 Å². The number of aromatic nitrogens is 2. The monoisotopic (exact) mass is 573 g/mol. The fourth-order valence-corrected chi connectivity index (χ4v) is 4.36. The first-order valence-electron chi connectivity index (χ1n) is 13.2. The average Bonchev–Trinajstić information content (AvgIpc) is 2.89. The van der Waals surface area contributed by atoms with Gasteiger partial charge >= 0.3 is 12.1 Å². The van der Waals surface area contributed by atoms with Gasteiger partial charge in [0, 0.05) is 43.9 Å². The highest BCUT2D eigenvalue weighted by molar-refractivity contribution is 6.33. The van der Waals surface area contributed by atoms with E-state index in [9.17, 15) is 19.2 Å². The smallest absolute Gasteiger partial charge is 0.409 e. The van der Waals surface area contributed by atoms with Crippen LogP contribution in [-0.2, 0) is 19.1 Å². The van der Waals surface area contributed by atoms with Crippen molar-refractivity contribution < 1.29 is 28.7 Å². The number of esters is 1. The maximum absolute atomic E-state index is 13.5. The number of ether oxygens (including phenoxy) is 2. The van der Waals surface area contributed by atoms with E-state index >= 15 is 0 Å². The van der Waals surface area contributed by atoms with Crippen LogP contribution in [0.1, 0.15) is 56.7 Å². The van der Waals surface area contributed by atoms with Gasteiger partial charge in [0.25, 0.3) is 5.91 Å². The minimum absolute atomic E-state index is 0.0268. The summed E-state index contributed by atoms with van der Waals surface area (Å²) in [7, 11) is 0. The van der Waals surface area contributed by atoms with Crippen molar-refractivity contribution in [2.75, 3.05) is 32.8 Å². The molecule has 3 amide bonds. The third kappa shape index (κ3) is 8.64. The molecule has 0 radical (unpaired) electrons. The lowest BCUT2D eigenvalue weighted by Crippen LogP contribution is -2.56. The van der Waals surface area contributed by atoms with Gasteiger partial charge in [0.15, 0.2) is 5.82 Å². The molecule has 2 aromatic rings. The SMILES string of the molecule is CCOC(=O)N1CCN(C(=O)[C@H](CCC(=O)OC(C)(C)C)NC(=O)c2cc(C)nc(-c3ccccc3Cl)n2)CC1. The molecule has 1 aromatic heterocycles. The Labute approximate surface area is 239 Å². The molecule has 12 heteroatoms. The largest absolute Gasteiger partial charge is 0.460 e. The number of benzene rings is 1. The zero-order valence-electron chi connectivity index (χ0n) is 23.5. The van der Waals surface area contributed by atoms with Gasteiger partial charge in [-0.25, -0.2) is 14.8 Å². The lowest BCUT2D eigenvalue weighted by Gasteiger charge is -2.36. The molecule has 0 bridgehead atoms. The summed E-state index contributed by atoms with van der Waals surface area (Å²) < 4.78 is 10.4. The van der Waals surface area contributed by atoms with E-state index in [0.29, 0.717) is 29.4 Å². The Bertz CT molecular complexity index is 1240. The van der Waals surface area contributed by atoms with Crippen LogP contribution in [0.2, 0.25) is 5.02 Å². The Kier molecular flexibility index (Phi) is 10.4. The third-order valence-corrected chi connectivity index (χ3v) is 6.31. The molecule has 0 aliphatic carbocycles. The highest BCUT2D eigenvalue weighted by Crippen LogP contribution is 2.25. The highest BCUT2D eigenvalue weighted by Gasteiger charge is 2.32. The Morgan fingerprint density at radius 2 is 1.70 bits per heavy atom. The summed E-state index contributed by atoms with van der Waals surface area (Å²) in [5.74, 6) is -1.16. The highest BCUT2D eigenvalue weighted by atomic mass is 35.5. The molecular formula is C28H36ClN5O6. The molecule has 1 saturated heterocycles. The Hall–Kier alpha value is -3.73. The molecule has 1 aliphatic rings. The molecule has 40 heavy (non-hydrogen) atoms. The molecule has 216 valence electrons. The minimum Gasteiger partial charge on any atom is -0.460 e. The molecule has 1 fully saturated rings. The summed E-state index contributed by atoms with van der Waals surface area (Å²) in [6.45, 7) is 10.1. The van der Waals surface area contributed by atoms with Crippen molar-refractivity contribution in [1.29, 1.82) is 0 Å². The fourth-order valence-electron chi connectivity index (χ4n) is 4.14. The van der Waals surface area contributed by atoms with Gasteiger partial charge in [-0.05, 0) is 59.2 Å². The molecule has 0 unspecified atom stereocenters. The van der Waals surface area contributed by atoms with Crippen LogP contribution < -0.4 is 5.32 Å². The van der Waals surface area contributed by atoms with E-state index in [1.165, 1.54) is 11.0 Å². The van der Waals surface area contributed by atoms with E-state index in [1.54, 1.807) is 63.8 Å². The summed E-state index contributed by atoms with van der Waals surface area (Å²) in [5, 5.41) is 3.19. The second-order valence-electron chi connectivity index (χ2n) is 10.4. The molecular weight excluding hydrogens is 538 g/mol. The molecule has 1 N–H and O–H groups in total. The van der Waals surface area contributed by atoms with Crippen molar-refractivity contribution in [3.63, 3.8) is 0 Å². The second-order valence-corrected chi connectivity index (χ2v) is 10.8. The third-order valence-electron chi connectivity index (χ3n) is 5.98. The number of carbonyl (C=O) groups excluding carboxylic acids is 4. The molecule has 11 nitrogen and oxygen atoms in total. The quantitative estimate of drug-likeness (QED) is 0.474. The van der Waals surface area contributed by atoms with Gasteiger partial charge in [-0.3, -0.25) is 14.4 Å². The Morgan fingerprint density at radius 3 is 2.33 bits per heavy atom. The van der Waals surface area contributed by atoms with Crippen LogP contribution in [-0.4, -0.2) is 88.1 Å². The molecule has 1 atom stereocenters. The van der Waals surface area contributed by atoms with Crippen molar-refractivity contribution in [2.24, 2.45) is 0 Å². The maximum atomic E-state index is 13.5. The van der Waals surface area contributed by atoms with Gasteiger partial charge in [0.1, 0.15) is 17.3 Å². The normalized spacial score (nSPS) is 14.3. The summed E-state index contributed by atoms with van der Waals surface area (Å²) in [5.41, 5.74) is 0.488. The molecule has 3 rings (SSSR count). The number of piperazine rings is 1. The number of halogens is 1. The number of hydrogen-bond acceptors (Lipinski definition) is 8. The fraction of sp³-hybridized carbons (Fsp3) is 0.500. The second kappa shape index (κ2) is 13.6. The zero-order chi connectivity index (χ0) is 29.4. The van der Waals surface area contributed by atoms with Crippen molar-refractivity contribution in [3.8, 4) is 11.4 Å². The van der Waals surface area contributed by atoms with Crippen LogP contribution in [0.5, 0.6) is 0 Å². The Balaban J connectivity index is 1.78. The van der Waals surface area contributed by atoms with Crippen LogP contribution in [0, 0.1) is 6.92 Å². The molecule has 2 heterocycles. The average molecular weight is 574 g/mol. The summed E-state index contributed by atoms with van der Waals surface area (Å²) >= 11 is 6.31. The van der Waals surface area contributed by atoms with Gasteiger partial charge in [-0.1, -0.05) is 23.7 Å². The summed E-state index contributed by atoms with van der Waals surface area (Å²) in [6.07, 6.45) is -0.485. The number of carbonyl (C=O) groups is 4. The first kappa shape index (κ1) is 30.8. The molecule has 1 aliphatic heterocycles. The first-order chi connectivity index (χ1) is 18.9. The van der Waals surface area contributed by atoms with Crippen molar-refractivity contribution in [1.82, 2.24) is 25.1 Å². The standard InChI is InChI=1S/C28H36ClN5O6/c1-6-39-27(38)34-15-13-33(14-16-34)26(37)21(11-12-23(35)40-28(3,4)5)32-25(36)22-17-18(2)30-24(31-22)19-9-7-8-10-20(19)29/h7-10,17,21H,6,11-16H2,1-5H3,(H,32,36)/t21-/m0/s1. The summed E-state index contributed by atoms with van der Waals surface area (Å²) in [4.78, 5) is 63.3. The number of rotatable bonds is 8. The van der Waals surface area contributed by atoms with Gasteiger partial charge in [-0.2, -0.15) is 0 Å². The van der Waals surface area contributed by atoms with Gasteiger partial charge in [-0.15, -0.1) is 0 Å². The zero-order valence-corrected chi connectivity index (χ0v) is 24.3. The van der Waals surface area contributed by atoms with Gasteiger partial charge in [0.2, 0.25) is 5.91 Å². The first-order valence-corrected chi connectivity index (χ1v) is 13.6. The minimum atomic E-state index is -1.02. The van der Waals surface area contributed by atoms with Crippen LogP contribution in [0.25, 0.3) is 11.4 Å². The number of nitrogens with one attached hydrogen (secondary N) is 1. The van der Waals surface area contributed by atoms with Crippen molar-refractivity contribution in [3.05, 3.63) is 46.7 Å². The lowest BCUT2D eigenvalue weighted by atomic mass is 10.1. The molecule has 0 spiro atoms. The van der Waals surface area contributed by atoms with Crippen LogP contribution >= 0.6 is 11.6 Å². The van der Waals surface area contributed by atoms with Crippen LogP contribution in [0.4, 0.5) is 4.79 Å². The number of nitrogens with zero attached hydrogens (tertiary/aromatic N) is 4. The van der Waals surface area contributed by atoms with Crippen LogP contribution in [0.15, 0.2) is 30.3 Å². The molecule has 1 aromatic carbocycles. The predicted molar refractivity (Wildman–Crippen MR) is 149 cm³/mol. The van der Waals surface area contributed by atoms with E-state index in [0.717, 1.165) is 0 Å². The van der Waals surface area contributed by atoms with Crippen LogP contribution in [0.3, 0.4) is 0 Å². The van der Waals surface area contributed by atoms with Crippen molar-refractivity contribution in [2.45, 2.75) is 59.1 Å². The lowest BCUT2D eigenvalue weighted by molar-refractivity contribution is -0.155. The van der Waals surface area contributed by atoms with Gasteiger partial charge < -0.3 is 24.6 Å². The van der Waals surface area contributed by atoms with E-state index < -0.39 is 29.6 Å². The van der Waals surface area contributed by atoms with E-state index in [2.05, 4.69) is 15.3 Å². The number of aryl methyl sites for hydroxylation is 1. The van der Waals surface area contributed by atoms with E-state index in [1.807, 2.05) is 0 Å².